The lowest BCUT2D eigenvalue weighted by molar-refractivity contribution is 0.0922. The number of hydrogen-bond acceptors (Lipinski definition) is 4. The number of carbonyl (C=O) groups is 3. The number of ether oxygens (including phenoxy) is 1. The summed E-state index contributed by atoms with van der Waals surface area (Å²) in [5.74, 6) is -3.07. The van der Waals surface area contributed by atoms with E-state index in [1.54, 1.807) is 30.3 Å². The third-order valence-electron chi connectivity index (χ3n) is 5.63. The van der Waals surface area contributed by atoms with Gasteiger partial charge in [-0.2, -0.15) is 0 Å². The van der Waals surface area contributed by atoms with Crippen LogP contribution in [0.5, 0.6) is 5.75 Å². The molecule has 6 nitrogen and oxygen atoms in total. The number of halogens is 2. The van der Waals surface area contributed by atoms with Crippen molar-refractivity contribution in [1.82, 2.24) is 0 Å². The van der Waals surface area contributed by atoms with E-state index in [-0.39, 0.29) is 33.1 Å². The van der Waals surface area contributed by atoms with E-state index in [9.17, 15) is 14.4 Å². The molecule has 0 saturated carbocycles. The summed E-state index contributed by atoms with van der Waals surface area (Å²) >= 11 is 6.18. The third-order valence-corrected chi connectivity index (χ3v) is 5.91. The first kappa shape index (κ1) is 21.6. The standard InChI is InChI=1S/C26H16ClFN2O4/c1-34-23-19(27)13-20(28)22(30-25(32)17-8-4-5-9-18(17)26(30)33)21(23)29-24(31)16-11-10-14-6-2-3-7-15(14)12-16/h2-13H,1H3,(H,29,31). The molecule has 0 spiro atoms. The summed E-state index contributed by atoms with van der Waals surface area (Å²) in [5, 5.41) is 4.25. The molecule has 1 aliphatic rings. The van der Waals surface area contributed by atoms with E-state index in [2.05, 4.69) is 5.32 Å². The van der Waals surface area contributed by atoms with Gasteiger partial charge in [-0.25, -0.2) is 9.29 Å². The molecule has 0 aromatic heterocycles. The summed E-state index contributed by atoms with van der Waals surface area (Å²) in [4.78, 5) is 40.0. The summed E-state index contributed by atoms with van der Waals surface area (Å²) in [5.41, 5.74) is -0.114. The van der Waals surface area contributed by atoms with Crippen molar-refractivity contribution >= 4 is 51.5 Å². The monoisotopic (exact) mass is 474 g/mol. The molecule has 0 bridgehead atoms. The van der Waals surface area contributed by atoms with Gasteiger partial charge in [-0.15, -0.1) is 0 Å². The molecule has 0 fully saturated rings. The van der Waals surface area contributed by atoms with Crippen molar-refractivity contribution in [3.05, 3.63) is 100 Å². The summed E-state index contributed by atoms with van der Waals surface area (Å²) in [7, 11) is 1.29. The van der Waals surface area contributed by atoms with Crippen LogP contribution in [0.15, 0.2) is 72.8 Å². The number of hydrogen-bond donors (Lipinski definition) is 1. The number of benzene rings is 4. The number of imide groups is 1. The Morgan fingerprint density at radius 2 is 1.53 bits per heavy atom. The first-order valence-corrected chi connectivity index (χ1v) is 10.6. The highest BCUT2D eigenvalue weighted by molar-refractivity contribution is 6.37. The second-order valence-electron chi connectivity index (χ2n) is 7.60. The van der Waals surface area contributed by atoms with Gasteiger partial charge in [0.2, 0.25) is 0 Å². The van der Waals surface area contributed by atoms with Crippen molar-refractivity contribution in [3.63, 3.8) is 0 Å². The predicted molar refractivity (Wildman–Crippen MR) is 127 cm³/mol. The van der Waals surface area contributed by atoms with Gasteiger partial charge in [-0.1, -0.05) is 54.1 Å². The number of methoxy groups -OCH3 is 1. The maximum atomic E-state index is 15.3. The molecule has 3 amide bonds. The van der Waals surface area contributed by atoms with Gasteiger partial charge in [0.05, 0.1) is 23.3 Å². The molecule has 0 radical (unpaired) electrons. The van der Waals surface area contributed by atoms with Crippen LogP contribution in [0.2, 0.25) is 5.02 Å². The zero-order valence-electron chi connectivity index (χ0n) is 17.8. The zero-order valence-corrected chi connectivity index (χ0v) is 18.5. The van der Waals surface area contributed by atoms with E-state index in [4.69, 9.17) is 16.3 Å². The first-order chi connectivity index (χ1) is 16.4. The molecule has 5 rings (SSSR count). The lowest BCUT2D eigenvalue weighted by Gasteiger charge is -2.22. The van der Waals surface area contributed by atoms with Gasteiger partial charge in [-0.3, -0.25) is 14.4 Å². The zero-order chi connectivity index (χ0) is 24.0. The Balaban J connectivity index is 1.63. The maximum absolute atomic E-state index is 15.3. The molecule has 4 aromatic rings. The number of carbonyl (C=O) groups excluding carboxylic acids is 3. The number of amides is 3. The predicted octanol–water partition coefficient (Wildman–Crippen LogP) is 5.69. The normalized spacial score (nSPS) is 12.7. The quantitative estimate of drug-likeness (QED) is 0.385. The Labute approximate surface area is 198 Å². The topological polar surface area (TPSA) is 75.7 Å². The molecular weight excluding hydrogens is 459 g/mol. The molecule has 34 heavy (non-hydrogen) atoms. The van der Waals surface area contributed by atoms with E-state index < -0.39 is 29.2 Å². The van der Waals surface area contributed by atoms with Crippen LogP contribution in [-0.4, -0.2) is 24.8 Å². The molecule has 0 unspecified atom stereocenters. The van der Waals surface area contributed by atoms with E-state index in [1.165, 1.54) is 19.2 Å². The van der Waals surface area contributed by atoms with Crippen molar-refractivity contribution in [2.24, 2.45) is 0 Å². The molecule has 0 saturated heterocycles. The van der Waals surface area contributed by atoms with Crippen molar-refractivity contribution in [2.75, 3.05) is 17.3 Å². The molecule has 168 valence electrons. The number of rotatable bonds is 4. The van der Waals surface area contributed by atoms with Gasteiger partial charge < -0.3 is 10.1 Å². The van der Waals surface area contributed by atoms with Crippen LogP contribution in [0, 0.1) is 5.82 Å². The van der Waals surface area contributed by atoms with Crippen LogP contribution >= 0.6 is 11.6 Å². The average Bonchev–Trinajstić information content (AvgIpc) is 3.09. The highest BCUT2D eigenvalue weighted by Crippen LogP contribution is 2.45. The lowest BCUT2D eigenvalue weighted by Crippen LogP contribution is -2.31. The van der Waals surface area contributed by atoms with Crippen LogP contribution in [0.25, 0.3) is 10.8 Å². The van der Waals surface area contributed by atoms with E-state index in [0.29, 0.717) is 4.90 Å². The second-order valence-corrected chi connectivity index (χ2v) is 8.01. The molecule has 1 N–H and O–H groups in total. The number of nitrogens with one attached hydrogen (secondary N) is 1. The third kappa shape index (κ3) is 3.38. The fourth-order valence-corrected chi connectivity index (χ4v) is 4.30. The second kappa shape index (κ2) is 8.28. The minimum atomic E-state index is -0.964. The van der Waals surface area contributed by atoms with Crippen LogP contribution in [-0.2, 0) is 0 Å². The van der Waals surface area contributed by atoms with Crippen molar-refractivity contribution < 1.29 is 23.5 Å². The SMILES string of the molecule is COc1c(Cl)cc(F)c(N2C(=O)c3ccccc3C2=O)c1NC(=O)c1ccc2ccccc2c1. The summed E-state index contributed by atoms with van der Waals surface area (Å²) in [6.45, 7) is 0. The average molecular weight is 475 g/mol. The van der Waals surface area contributed by atoms with Crippen LogP contribution in [0.3, 0.4) is 0 Å². The molecule has 1 heterocycles. The largest absolute Gasteiger partial charge is 0.493 e. The first-order valence-electron chi connectivity index (χ1n) is 10.2. The Morgan fingerprint density at radius 3 is 2.18 bits per heavy atom. The van der Waals surface area contributed by atoms with E-state index >= 15 is 4.39 Å². The highest BCUT2D eigenvalue weighted by atomic mass is 35.5. The lowest BCUT2D eigenvalue weighted by atomic mass is 10.1. The Kier molecular flexibility index (Phi) is 5.26. The van der Waals surface area contributed by atoms with Gasteiger partial charge >= 0.3 is 0 Å². The molecule has 1 aliphatic heterocycles. The summed E-state index contributed by atoms with van der Waals surface area (Å²) in [6, 6.07) is 19.7. The smallest absolute Gasteiger partial charge is 0.266 e. The Bertz CT molecular complexity index is 1480. The number of nitrogens with zero attached hydrogens (tertiary/aromatic N) is 1. The number of anilines is 2. The molecule has 0 atom stereocenters. The van der Waals surface area contributed by atoms with Gasteiger partial charge in [0.15, 0.2) is 11.6 Å². The molecule has 0 aliphatic carbocycles. The van der Waals surface area contributed by atoms with Crippen molar-refractivity contribution in [3.8, 4) is 5.75 Å². The summed E-state index contributed by atoms with van der Waals surface area (Å²) < 4.78 is 20.6. The maximum Gasteiger partial charge on any atom is 0.266 e. The number of fused-ring (bicyclic) bond motifs is 2. The molecule has 8 heteroatoms. The summed E-state index contributed by atoms with van der Waals surface area (Å²) in [6.07, 6.45) is 0. The van der Waals surface area contributed by atoms with Crippen molar-refractivity contribution in [1.29, 1.82) is 0 Å². The van der Waals surface area contributed by atoms with Gasteiger partial charge in [0.25, 0.3) is 17.7 Å². The van der Waals surface area contributed by atoms with E-state index in [0.717, 1.165) is 16.8 Å². The van der Waals surface area contributed by atoms with Crippen LogP contribution < -0.4 is 15.0 Å². The molecular formula is C26H16ClFN2O4. The van der Waals surface area contributed by atoms with E-state index in [1.807, 2.05) is 24.3 Å². The Hall–Kier alpha value is -4.23. The Morgan fingerprint density at radius 1 is 0.912 bits per heavy atom. The van der Waals surface area contributed by atoms with Crippen molar-refractivity contribution in [2.45, 2.75) is 0 Å². The minimum Gasteiger partial charge on any atom is -0.493 e. The van der Waals surface area contributed by atoms with Gasteiger partial charge in [0.1, 0.15) is 11.4 Å². The fourth-order valence-electron chi connectivity index (χ4n) is 4.03. The highest BCUT2D eigenvalue weighted by Gasteiger charge is 2.40. The van der Waals surface area contributed by atoms with Gasteiger partial charge in [0, 0.05) is 5.56 Å². The molecule has 4 aromatic carbocycles. The van der Waals surface area contributed by atoms with Crippen LogP contribution in [0.4, 0.5) is 15.8 Å². The van der Waals surface area contributed by atoms with Gasteiger partial charge in [-0.05, 0) is 41.1 Å². The minimum absolute atomic E-state index is 0.0799. The van der Waals surface area contributed by atoms with Crippen LogP contribution in [0.1, 0.15) is 31.1 Å². The fraction of sp³-hybridized carbons (Fsp3) is 0.0385.